The van der Waals surface area contributed by atoms with E-state index in [4.69, 9.17) is 0 Å². The van der Waals surface area contributed by atoms with Gasteiger partial charge in [-0.1, -0.05) is 54.6 Å². The molecule has 0 N–H and O–H groups in total. The number of aryl methyl sites for hydroxylation is 2. The maximum atomic E-state index is 2.43. The van der Waals surface area contributed by atoms with Crippen molar-refractivity contribution in [1.82, 2.24) is 0 Å². The van der Waals surface area contributed by atoms with E-state index in [1.54, 1.807) is 0 Å². The largest absolute Gasteiger partial charge is 0.309 e. The highest BCUT2D eigenvalue weighted by molar-refractivity contribution is 5.85. The van der Waals surface area contributed by atoms with Gasteiger partial charge >= 0.3 is 0 Å². The third kappa shape index (κ3) is 1.93. The number of fused-ring (bicyclic) bond motifs is 2. The lowest BCUT2D eigenvalue weighted by Gasteiger charge is -2.35. The Kier molecular flexibility index (Phi) is 3.00. The number of rotatable bonds is 1. The van der Waals surface area contributed by atoms with Gasteiger partial charge in [0.15, 0.2) is 0 Å². The summed E-state index contributed by atoms with van der Waals surface area (Å²) in [5.74, 6) is 0. The van der Waals surface area contributed by atoms with Crippen molar-refractivity contribution >= 4 is 17.1 Å². The monoisotopic (exact) mass is 285 g/mol. The van der Waals surface area contributed by atoms with E-state index in [1.165, 1.54) is 39.3 Å². The molecule has 1 heterocycles. The Balaban J connectivity index is 2.03. The number of benzene rings is 3. The van der Waals surface area contributed by atoms with Crippen LogP contribution in [0, 0.1) is 13.8 Å². The van der Waals surface area contributed by atoms with Crippen LogP contribution in [0.2, 0.25) is 0 Å². The van der Waals surface area contributed by atoms with Crippen LogP contribution in [0.1, 0.15) is 22.3 Å². The van der Waals surface area contributed by atoms with Crippen molar-refractivity contribution in [2.75, 3.05) is 4.90 Å². The Hall–Kier alpha value is -2.54. The minimum Gasteiger partial charge on any atom is -0.309 e. The van der Waals surface area contributed by atoms with E-state index >= 15 is 0 Å². The van der Waals surface area contributed by atoms with Gasteiger partial charge in [-0.15, -0.1) is 0 Å². The molecule has 0 spiro atoms. The predicted molar refractivity (Wildman–Crippen MR) is 93.4 cm³/mol. The van der Waals surface area contributed by atoms with Crippen LogP contribution in [-0.4, -0.2) is 0 Å². The van der Waals surface area contributed by atoms with E-state index in [0.717, 1.165) is 6.42 Å². The molecule has 0 atom stereocenters. The molecule has 0 aliphatic carbocycles. The average Bonchev–Trinajstić information content (AvgIpc) is 2.54. The van der Waals surface area contributed by atoms with E-state index in [2.05, 4.69) is 85.5 Å². The predicted octanol–water partition coefficient (Wildman–Crippen LogP) is 5.68. The summed E-state index contributed by atoms with van der Waals surface area (Å²) in [7, 11) is 0. The maximum Gasteiger partial charge on any atom is 0.0520 e. The normalized spacial score (nSPS) is 12.7. The van der Waals surface area contributed by atoms with Crippen molar-refractivity contribution in [3.63, 3.8) is 0 Å². The molecule has 108 valence electrons. The number of hydrogen-bond acceptors (Lipinski definition) is 1. The van der Waals surface area contributed by atoms with Crippen LogP contribution in [0.3, 0.4) is 0 Å². The van der Waals surface area contributed by atoms with Crippen LogP contribution < -0.4 is 4.90 Å². The first kappa shape index (κ1) is 13.1. The van der Waals surface area contributed by atoms with Crippen molar-refractivity contribution in [3.8, 4) is 0 Å². The second-order valence-electron chi connectivity index (χ2n) is 6.01. The maximum absolute atomic E-state index is 2.43. The minimum absolute atomic E-state index is 1.01. The van der Waals surface area contributed by atoms with E-state index in [9.17, 15) is 0 Å². The van der Waals surface area contributed by atoms with Crippen molar-refractivity contribution in [1.29, 1.82) is 0 Å². The highest BCUT2D eigenvalue weighted by Crippen LogP contribution is 2.45. The lowest BCUT2D eigenvalue weighted by Crippen LogP contribution is -2.20. The highest BCUT2D eigenvalue weighted by Gasteiger charge is 2.25. The third-order valence-electron chi connectivity index (χ3n) is 4.51. The zero-order valence-corrected chi connectivity index (χ0v) is 13.0. The average molecular weight is 285 g/mol. The molecule has 0 aromatic heterocycles. The van der Waals surface area contributed by atoms with E-state index in [0.29, 0.717) is 0 Å². The molecule has 1 nitrogen and oxygen atoms in total. The minimum atomic E-state index is 1.01. The Bertz CT molecular complexity index is 782. The summed E-state index contributed by atoms with van der Waals surface area (Å²) >= 11 is 0. The lowest BCUT2D eigenvalue weighted by atomic mass is 9.93. The molecule has 0 saturated carbocycles. The second kappa shape index (κ2) is 5.03. The molecule has 1 aliphatic heterocycles. The van der Waals surface area contributed by atoms with Gasteiger partial charge in [0.25, 0.3) is 0 Å². The molecule has 3 aromatic rings. The van der Waals surface area contributed by atoms with Crippen LogP contribution in [-0.2, 0) is 6.42 Å². The number of nitrogens with zero attached hydrogens (tertiary/aromatic N) is 1. The summed E-state index contributed by atoms with van der Waals surface area (Å²) in [5.41, 5.74) is 9.32. The summed E-state index contributed by atoms with van der Waals surface area (Å²) in [5, 5.41) is 0. The molecular formula is C21H19N. The molecule has 0 bridgehead atoms. The number of para-hydroxylation sites is 3. The Morgan fingerprint density at radius 1 is 0.636 bits per heavy atom. The highest BCUT2D eigenvalue weighted by atomic mass is 15.2. The van der Waals surface area contributed by atoms with Gasteiger partial charge < -0.3 is 4.90 Å². The molecule has 1 heteroatoms. The standard InChI is InChI=1S/C21H19N/c1-15-8-7-9-16(2)21(15)22-19-12-5-3-10-17(19)14-18-11-4-6-13-20(18)22/h3-13H,14H2,1-2H3. The van der Waals surface area contributed by atoms with Crippen molar-refractivity contribution in [2.24, 2.45) is 0 Å². The molecule has 0 radical (unpaired) electrons. The summed E-state index contributed by atoms with van der Waals surface area (Å²) in [4.78, 5) is 2.43. The summed E-state index contributed by atoms with van der Waals surface area (Å²) < 4.78 is 0. The molecule has 3 aromatic carbocycles. The van der Waals surface area contributed by atoms with Crippen LogP contribution in [0.5, 0.6) is 0 Å². The van der Waals surface area contributed by atoms with Crippen molar-refractivity contribution in [2.45, 2.75) is 20.3 Å². The fourth-order valence-corrected chi connectivity index (χ4v) is 3.49. The van der Waals surface area contributed by atoms with Gasteiger partial charge in [0, 0.05) is 17.8 Å². The molecule has 0 fully saturated rings. The van der Waals surface area contributed by atoms with Gasteiger partial charge in [-0.3, -0.25) is 0 Å². The molecule has 0 unspecified atom stereocenters. The molecular weight excluding hydrogens is 266 g/mol. The fourth-order valence-electron chi connectivity index (χ4n) is 3.49. The Morgan fingerprint density at radius 2 is 1.14 bits per heavy atom. The van der Waals surface area contributed by atoms with Gasteiger partial charge in [-0.2, -0.15) is 0 Å². The number of hydrogen-bond donors (Lipinski definition) is 0. The van der Waals surface area contributed by atoms with Gasteiger partial charge in [-0.05, 0) is 48.2 Å². The fraction of sp³-hybridized carbons (Fsp3) is 0.143. The zero-order chi connectivity index (χ0) is 15.1. The SMILES string of the molecule is Cc1cccc(C)c1N1c2ccccc2Cc2ccccc21. The molecule has 4 rings (SSSR count). The smallest absolute Gasteiger partial charge is 0.0520 e. The second-order valence-corrected chi connectivity index (χ2v) is 6.01. The Morgan fingerprint density at radius 3 is 1.68 bits per heavy atom. The van der Waals surface area contributed by atoms with E-state index in [1.807, 2.05) is 0 Å². The zero-order valence-electron chi connectivity index (χ0n) is 13.0. The van der Waals surface area contributed by atoms with Crippen LogP contribution in [0.15, 0.2) is 66.7 Å². The van der Waals surface area contributed by atoms with Crippen LogP contribution >= 0.6 is 0 Å². The van der Waals surface area contributed by atoms with Crippen molar-refractivity contribution < 1.29 is 0 Å². The van der Waals surface area contributed by atoms with Gasteiger partial charge in [0.05, 0.1) is 5.69 Å². The summed E-state index contributed by atoms with van der Waals surface area (Å²) in [6, 6.07) is 24.0. The molecule has 0 saturated heterocycles. The Labute approximate surface area is 131 Å². The topological polar surface area (TPSA) is 3.24 Å². The van der Waals surface area contributed by atoms with Crippen molar-refractivity contribution in [3.05, 3.63) is 89.0 Å². The number of anilines is 3. The van der Waals surface area contributed by atoms with Crippen LogP contribution in [0.25, 0.3) is 0 Å². The van der Waals surface area contributed by atoms with E-state index < -0.39 is 0 Å². The summed E-state index contributed by atoms with van der Waals surface area (Å²) in [6.45, 7) is 4.39. The molecule has 22 heavy (non-hydrogen) atoms. The summed E-state index contributed by atoms with van der Waals surface area (Å²) in [6.07, 6.45) is 1.01. The van der Waals surface area contributed by atoms with Gasteiger partial charge in [-0.25, -0.2) is 0 Å². The quantitative estimate of drug-likeness (QED) is 0.435. The van der Waals surface area contributed by atoms with Crippen LogP contribution in [0.4, 0.5) is 17.1 Å². The molecule has 1 aliphatic rings. The third-order valence-corrected chi connectivity index (χ3v) is 4.51. The van der Waals surface area contributed by atoms with Gasteiger partial charge in [0.1, 0.15) is 0 Å². The van der Waals surface area contributed by atoms with Gasteiger partial charge in [0.2, 0.25) is 0 Å². The lowest BCUT2D eigenvalue weighted by molar-refractivity contribution is 1.07. The first-order chi connectivity index (χ1) is 10.8. The first-order valence-electron chi connectivity index (χ1n) is 7.78. The molecule has 0 amide bonds. The first-order valence-corrected chi connectivity index (χ1v) is 7.78. The van der Waals surface area contributed by atoms with E-state index in [-0.39, 0.29) is 0 Å².